The molecule has 0 saturated carbocycles. The third-order valence-corrected chi connectivity index (χ3v) is 2.17. The average molecular weight is 243 g/mol. The molecule has 0 radical (unpaired) electrons. The second kappa shape index (κ2) is 7.13. The topological polar surface area (TPSA) is 74.9 Å². The number of hydrogen-bond acceptors (Lipinski definition) is 4. The number of thiocarbonyl (C=S) groups is 1. The molecule has 90 valence electrons. The first kappa shape index (κ1) is 12.9. The maximum Gasteiger partial charge on any atom is 0.166 e. The van der Waals surface area contributed by atoms with Gasteiger partial charge in [0.2, 0.25) is 0 Å². The zero-order valence-electron chi connectivity index (χ0n) is 9.49. The van der Waals surface area contributed by atoms with Crippen molar-refractivity contribution in [2.45, 2.75) is 19.4 Å². The van der Waals surface area contributed by atoms with Crippen LogP contribution in [0.25, 0.3) is 0 Å². The molecule has 0 aliphatic heterocycles. The van der Waals surface area contributed by atoms with Crippen LogP contribution in [-0.2, 0) is 11.2 Å². The van der Waals surface area contributed by atoms with Gasteiger partial charge in [-0.1, -0.05) is 0 Å². The van der Waals surface area contributed by atoms with Gasteiger partial charge in [0.05, 0.1) is 6.61 Å². The van der Waals surface area contributed by atoms with Gasteiger partial charge in [-0.15, -0.1) is 0 Å². The Hall–Kier alpha value is -1.21. The molecule has 3 N–H and O–H groups in total. The fourth-order valence-corrected chi connectivity index (χ4v) is 1.52. The molecule has 6 nitrogen and oxygen atoms in total. The van der Waals surface area contributed by atoms with Gasteiger partial charge in [-0.2, -0.15) is 5.10 Å². The predicted octanol–water partition coefficient (Wildman–Crippen LogP) is -0.154. The molecule has 0 aliphatic rings. The molecule has 16 heavy (non-hydrogen) atoms. The van der Waals surface area contributed by atoms with Crippen LogP contribution in [-0.4, -0.2) is 46.6 Å². The molecular formula is C9H17N5OS. The minimum Gasteiger partial charge on any atom is -0.383 e. The molecule has 0 fully saturated rings. The molecule has 1 rings (SSSR count). The van der Waals surface area contributed by atoms with Gasteiger partial charge in [0.25, 0.3) is 0 Å². The van der Waals surface area contributed by atoms with E-state index in [1.807, 2.05) is 6.92 Å². The normalized spacial score (nSPS) is 12.1. The molecule has 0 bridgehead atoms. The van der Waals surface area contributed by atoms with Crippen LogP contribution in [0.1, 0.15) is 12.7 Å². The second-order valence-corrected chi connectivity index (χ2v) is 3.85. The molecule has 0 amide bonds. The molecule has 1 atom stereocenters. The van der Waals surface area contributed by atoms with Crippen LogP contribution >= 0.6 is 12.2 Å². The van der Waals surface area contributed by atoms with E-state index in [0.717, 1.165) is 18.8 Å². The van der Waals surface area contributed by atoms with Gasteiger partial charge in [0, 0.05) is 26.1 Å². The number of aromatic nitrogens is 3. The number of rotatable bonds is 6. The van der Waals surface area contributed by atoms with Crippen molar-refractivity contribution in [1.29, 1.82) is 0 Å². The monoisotopic (exact) mass is 243 g/mol. The third kappa shape index (κ3) is 5.04. The predicted molar refractivity (Wildman–Crippen MR) is 65.2 cm³/mol. The summed E-state index contributed by atoms with van der Waals surface area (Å²) in [4.78, 5) is 4.01. The molecule has 1 aromatic rings. The van der Waals surface area contributed by atoms with Gasteiger partial charge in [-0.25, -0.2) is 4.98 Å². The first-order valence-electron chi connectivity index (χ1n) is 5.10. The van der Waals surface area contributed by atoms with Crippen molar-refractivity contribution in [2.24, 2.45) is 0 Å². The Morgan fingerprint density at radius 2 is 2.50 bits per heavy atom. The molecule has 1 aromatic heterocycles. The van der Waals surface area contributed by atoms with E-state index in [-0.39, 0.29) is 6.04 Å². The van der Waals surface area contributed by atoms with Gasteiger partial charge < -0.3 is 15.4 Å². The molecule has 1 heterocycles. The minimum atomic E-state index is 0.204. The van der Waals surface area contributed by atoms with Gasteiger partial charge in [0.15, 0.2) is 5.11 Å². The van der Waals surface area contributed by atoms with Crippen LogP contribution in [0.2, 0.25) is 0 Å². The number of methoxy groups -OCH3 is 1. The van der Waals surface area contributed by atoms with Crippen molar-refractivity contribution in [3.8, 4) is 0 Å². The van der Waals surface area contributed by atoms with Crippen LogP contribution in [0.5, 0.6) is 0 Å². The lowest BCUT2D eigenvalue weighted by atomic mass is 10.4. The van der Waals surface area contributed by atoms with Crippen LogP contribution < -0.4 is 10.6 Å². The molecular weight excluding hydrogens is 226 g/mol. The maximum absolute atomic E-state index is 5.12. The van der Waals surface area contributed by atoms with Crippen molar-refractivity contribution >= 4 is 17.3 Å². The standard InChI is InChI=1S/C9H17N5OS/c1-7(5-15-2)13-9(16)10-4-3-8-11-6-12-14-8/h6-7H,3-5H2,1-2H3,(H2,10,13,16)(H,11,12,14). The number of ether oxygens (including phenoxy) is 1. The van der Waals surface area contributed by atoms with Crippen molar-refractivity contribution in [3.63, 3.8) is 0 Å². The smallest absolute Gasteiger partial charge is 0.166 e. The lowest BCUT2D eigenvalue weighted by Crippen LogP contribution is -2.43. The summed E-state index contributed by atoms with van der Waals surface area (Å²) < 4.78 is 4.99. The Bertz CT molecular complexity index is 303. The number of aromatic amines is 1. The van der Waals surface area contributed by atoms with E-state index in [0.29, 0.717) is 11.7 Å². The highest BCUT2D eigenvalue weighted by atomic mass is 32.1. The summed E-state index contributed by atoms with van der Waals surface area (Å²) in [5.74, 6) is 0.847. The van der Waals surface area contributed by atoms with Gasteiger partial charge in [-0.3, -0.25) is 5.10 Å². The highest BCUT2D eigenvalue weighted by Gasteiger charge is 2.03. The summed E-state index contributed by atoms with van der Waals surface area (Å²) in [5.41, 5.74) is 0. The van der Waals surface area contributed by atoms with Crippen LogP contribution in [0.3, 0.4) is 0 Å². The Balaban J connectivity index is 2.10. The van der Waals surface area contributed by atoms with E-state index >= 15 is 0 Å². The molecule has 1 unspecified atom stereocenters. The van der Waals surface area contributed by atoms with E-state index in [1.54, 1.807) is 7.11 Å². The maximum atomic E-state index is 5.12. The van der Waals surface area contributed by atoms with E-state index in [1.165, 1.54) is 6.33 Å². The van der Waals surface area contributed by atoms with Crippen molar-refractivity contribution < 1.29 is 4.74 Å². The molecule has 0 aromatic carbocycles. The van der Waals surface area contributed by atoms with Crippen LogP contribution in [0.15, 0.2) is 6.33 Å². The third-order valence-electron chi connectivity index (χ3n) is 1.91. The van der Waals surface area contributed by atoms with E-state index in [9.17, 15) is 0 Å². The van der Waals surface area contributed by atoms with E-state index < -0.39 is 0 Å². The van der Waals surface area contributed by atoms with E-state index in [4.69, 9.17) is 17.0 Å². The summed E-state index contributed by atoms with van der Waals surface area (Å²) in [5, 5.41) is 13.4. The first-order chi connectivity index (χ1) is 7.72. The fraction of sp³-hybridized carbons (Fsp3) is 0.667. The molecule has 0 aliphatic carbocycles. The molecule has 7 heteroatoms. The summed E-state index contributed by atoms with van der Waals surface area (Å²) in [6.07, 6.45) is 2.26. The van der Waals surface area contributed by atoms with Crippen LogP contribution in [0.4, 0.5) is 0 Å². The second-order valence-electron chi connectivity index (χ2n) is 3.44. The van der Waals surface area contributed by atoms with Gasteiger partial charge in [0.1, 0.15) is 12.2 Å². The van der Waals surface area contributed by atoms with Gasteiger partial charge >= 0.3 is 0 Å². The van der Waals surface area contributed by atoms with Crippen molar-refractivity contribution in [1.82, 2.24) is 25.8 Å². The SMILES string of the molecule is COCC(C)NC(=S)NCCc1ncn[nH]1. The quantitative estimate of drug-likeness (QED) is 0.603. The highest BCUT2D eigenvalue weighted by molar-refractivity contribution is 7.80. The summed E-state index contributed by atoms with van der Waals surface area (Å²) in [7, 11) is 1.67. The Morgan fingerprint density at radius 3 is 3.12 bits per heavy atom. The number of H-pyrrole nitrogens is 1. The highest BCUT2D eigenvalue weighted by Crippen LogP contribution is 1.86. The zero-order chi connectivity index (χ0) is 11.8. The fourth-order valence-electron chi connectivity index (χ4n) is 1.21. The zero-order valence-corrected chi connectivity index (χ0v) is 10.3. The summed E-state index contributed by atoms with van der Waals surface area (Å²) >= 11 is 5.12. The van der Waals surface area contributed by atoms with Crippen LogP contribution in [0, 0.1) is 0 Å². The van der Waals surface area contributed by atoms with Gasteiger partial charge in [-0.05, 0) is 19.1 Å². The lowest BCUT2D eigenvalue weighted by Gasteiger charge is -2.15. The molecule has 0 saturated heterocycles. The van der Waals surface area contributed by atoms with E-state index in [2.05, 4.69) is 25.8 Å². The van der Waals surface area contributed by atoms with Crippen molar-refractivity contribution in [2.75, 3.05) is 20.3 Å². The lowest BCUT2D eigenvalue weighted by molar-refractivity contribution is 0.179. The number of nitrogens with zero attached hydrogens (tertiary/aromatic N) is 2. The Labute approximate surface area is 100 Å². The van der Waals surface area contributed by atoms with Crippen molar-refractivity contribution in [3.05, 3.63) is 12.2 Å². The minimum absolute atomic E-state index is 0.204. The Morgan fingerprint density at radius 1 is 1.69 bits per heavy atom. The average Bonchev–Trinajstić information content (AvgIpc) is 2.70. The summed E-state index contributed by atoms with van der Waals surface area (Å²) in [6, 6.07) is 0.204. The number of nitrogens with one attached hydrogen (secondary N) is 3. The Kier molecular flexibility index (Phi) is 5.73. The summed E-state index contributed by atoms with van der Waals surface area (Å²) in [6.45, 7) is 3.36. The largest absolute Gasteiger partial charge is 0.383 e. The molecule has 0 spiro atoms. The number of hydrogen-bond donors (Lipinski definition) is 3. The first-order valence-corrected chi connectivity index (χ1v) is 5.50.